The number of rotatable bonds is 3. The van der Waals surface area contributed by atoms with E-state index in [1.54, 1.807) is 0 Å². The average Bonchev–Trinajstić information content (AvgIpc) is 3.31. The number of piperidine rings is 1. The summed E-state index contributed by atoms with van der Waals surface area (Å²) in [5.41, 5.74) is 2.78. The lowest BCUT2D eigenvalue weighted by Gasteiger charge is -2.31. The van der Waals surface area contributed by atoms with Crippen LogP contribution >= 0.6 is 11.3 Å². The monoisotopic (exact) mass is 383 g/mol. The van der Waals surface area contributed by atoms with Crippen LogP contribution < -0.4 is 5.32 Å². The molecule has 8 heteroatoms. The third-order valence-electron chi connectivity index (χ3n) is 5.22. The maximum atomic E-state index is 12.8. The molecule has 2 amide bonds. The third kappa shape index (κ3) is 3.32. The molecule has 0 aliphatic carbocycles. The number of aromatic amines is 1. The Hall–Kier alpha value is -2.74. The highest BCUT2D eigenvalue weighted by Crippen LogP contribution is 2.27. The van der Waals surface area contributed by atoms with Gasteiger partial charge in [-0.15, -0.1) is 11.3 Å². The molecular weight excluding hydrogens is 362 g/mol. The van der Waals surface area contributed by atoms with E-state index in [0.29, 0.717) is 31.7 Å². The Morgan fingerprint density at radius 1 is 1.26 bits per heavy atom. The molecule has 27 heavy (non-hydrogen) atoms. The van der Waals surface area contributed by atoms with E-state index in [9.17, 15) is 9.59 Å². The topological polar surface area (TPSA) is 91.0 Å². The Balaban J connectivity index is 1.43. The second kappa shape index (κ2) is 7.11. The van der Waals surface area contributed by atoms with Crippen LogP contribution in [0.25, 0.3) is 11.0 Å². The maximum Gasteiger partial charge on any atom is 0.263 e. The second-order valence-corrected chi connectivity index (χ2v) is 7.80. The van der Waals surface area contributed by atoms with Crippen molar-refractivity contribution in [3.63, 3.8) is 0 Å². The molecule has 3 aromatic rings. The van der Waals surface area contributed by atoms with E-state index >= 15 is 0 Å². The zero-order chi connectivity index (χ0) is 19.0. The predicted molar refractivity (Wildman–Crippen MR) is 105 cm³/mol. The zero-order valence-corrected chi connectivity index (χ0v) is 16.1. The summed E-state index contributed by atoms with van der Waals surface area (Å²) in [6.45, 7) is 5.15. The summed E-state index contributed by atoms with van der Waals surface area (Å²) in [7, 11) is 0. The van der Waals surface area contributed by atoms with Crippen molar-refractivity contribution in [1.29, 1.82) is 0 Å². The van der Waals surface area contributed by atoms with Crippen molar-refractivity contribution in [1.82, 2.24) is 19.9 Å². The quantitative estimate of drug-likeness (QED) is 0.727. The van der Waals surface area contributed by atoms with Crippen molar-refractivity contribution < 1.29 is 9.59 Å². The Bertz CT molecular complexity index is 987. The molecule has 0 bridgehead atoms. The molecule has 0 atom stereocenters. The largest absolute Gasteiger partial charge is 0.343 e. The van der Waals surface area contributed by atoms with Crippen LogP contribution in [0.5, 0.6) is 0 Å². The Morgan fingerprint density at radius 3 is 2.74 bits per heavy atom. The lowest BCUT2D eigenvalue weighted by atomic mass is 9.95. The first kappa shape index (κ1) is 17.7. The molecule has 7 nitrogen and oxygen atoms in total. The highest BCUT2D eigenvalue weighted by molar-refractivity contribution is 7.12. The van der Waals surface area contributed by atoms with E-state index in [4.69, 9.17) is 0 Å². The van der Waals surface area contributed by atoms with Gasteiger partial charge in [0.2, 0.25) is 5.91 Å². The second-order valence-electron chi connectivity index (χ2n) is 6.85. The molecule has 1 aliphatic rings. The van der Waals surface area contributed by atoms with Gasteiger partial charge in [0.15, 0.2) is 0 Å². The number of carbonyl (C=O) groups excluding carboxylic acids is 2. The molecule has 140 valence electrons. The van der Waals surface area contributed by atoms with Crippen LogP contribution in [0.1, 0.15) is 33.8 Å². The molecule has 4 rings (SSSR count). The SMILES string of the molecule is Cc1[nH]c2ncnc(NC(=O)C3CCN(C(=O)c4cccs4)CC3)c2c1C. The highest BCUT2D eigenvalue weighted by atomic mass is 32.1. The molecule has 0 aromatic carbocycles. The molecule has 4 heterocycles. The number of nitrogens with zero attached hydrogens (tertiary/aromatic N) is 3. The van der Waals surface area contributed by atoms with Crippen LogP contribution in [0, 0.1) is 19.8 Å². The summed E-state index contributed by atoms with van der Waals surface area (Å²) in [6, 6.07) is 3.72. The lowest BCUT2D eigenvalue weighted by molar-refractivity contribution is -0.121. The normalized spacial score (nSPS) is 15.3. The van der Waals surface area contributed by atoms with Gasteiger partial charge >= 0.3 is 0 Å². The van der Waals surface area contributed by atoms with Gasteiger partial charge in [-0.1, -0.05) is 6.07 Å². The van der Waals surface area contributed by atoms with Gasteiger partial charge in [0.1, 0.15) is 17.8 Å². The van der Waals surface area contributed by atoms with Crippen LogP contribution in [-0.2, 0) is 4.79 Å². The van der Waals surface area contributed by atoms with Gasteiger partial charge in [0.25, 0.3) is 5.91 Å². The van der Waals surface area contributed by atoms with Gasteiger partial charge in [-0.25, -0.2) is 9.97 Å². The highest BCUT2D eigenvalue weighted by Gasteiger charge is 2.28. The minimum Gasteiger partial charge on any atom is -0.343 e. The number of likely N-dealkylation sites (tertiary alicyclic amines) is 1. The van der Waals surface area contributed by atoms with Crippen molar-refractivity contribution in [3.8, 4) is 0 Å². The van der Waals surface area contributed by atoms with Gasteiger partial charge in [-0.3, -0.25) is 9.59 Å². The van der Waals surface area contributed by atoms with Gasteiger partial charge in [-0.2, -0.15) is 0 Å². The summed E-state index contributed by atoms with van der Waals surface area (Å²) in [5.74, 6) is 0.433. The van der Waals surface area contributed by atoms with E-state index in [0.717, 1.165) is 27.2 Å². The summed E-state index contributed by atoms with van der Waals surface area (Å²) < 4.78 is 0. The number of thiophene rings is 1. The Kier molecular flexibility index (Phi) is 4.65. The molecule has 3 aromatic heterocycles. The van der Waals surface area contributed by atoms with Crippen molar-refractivity contribution in [2.45, 2.75) is 26.7 Å². The van der Waals surface area contributed by atoms with E-state index in [1.165, 1.54) is 17.7 Å². The number of hydrogen-bond donors (Lipinski definition) is 2. The molecule has 1 saturated heterocycles. The first-order valence-corrected chi connectivity index (χ1v) is 9.86. The van der Waals surface area contributed by atoms with E-state index in [-0.39, 0.29) is 17.7 Å². The number of nitrogens with one attached hydrogen (secondary N) is 2. The van der Waals surface area contributed by atoms with E-state index < -0.39 is 0 Å². The van der Waals surface area contributed by atoms with Crippen LogP contribution in [0.15, 0.2) is 23.8 Å². The maximum absolute atomic E-state index is 12.8. The van der Waals surface area contributed by atoms with Crippen molar-refractivity contribution in [3.05, 3.63) is 40.0 Å². The van der Waals surface area contributed by atoms with Crippen LogP contribution in [0.4, 0.5) is 5.82 Å². The average molecular weight is 383 g/mol. The fourth-order valence-corrected chi connectivity index (χ4v) is 4.20. The number of amides is 2. The number of aryl methyl sites for hydroxylation is 2. The van der Waals surface area contributed by atoms with Gasteiger partial charge in [-0.05, 0) is 43.7 Å². The molecule has 0 spiro atoms. The summed E-state index contributed by atoms with van der Waals surface area (Å²) in [5, 5.41) is 5.73. The fraction of sp³-hybridized carbons (Fsp3) is 0.368. The minimum atomic E-state index is -0.122. The Morgan fingerprint density at radius 2 is 2.04 bits per heavy atom. The number of aromatic nitrogens is 3. The number of H-pyrrole nitrogens is 1. The third-order valence-corrected chi connectivity index (χ3v) is 6.08. The van der Waals surface area contributed by atoms with Crippen LogP contribution in [-0.4, -0.2) is 44.8 Å². The number of anilines is 1. The van der Waals surface area contributed by atoms with Crippen LogP contribution in [0.3, 0.4) is 0 Å². The summed E-state index contributed by atoms with van der Waals surface area (Å²) in [6.07, 6.45) is 2.76. The first-order valence-electron chi connectivity index (χ1n) is 8.98. The lowest BCUT2D eigenvalue weighted by Crippen LogP contribution is -2.41. The molecule has 0 radical (unpaired) electrons. The molecule has 1 aliphatic heterocycles. The minimum absolute atomic E-state index is 0.0449. The molecule has 0 unspecified atom stereocenters. The zero-order valence-electron chi connectivity index (χ0n) is 15.3. The van der Waals surface area contributed by atoms with E-state index in [2.05, 4.69) is 20.3 Å². The predicted octanol–water partition coefficient (Wildman–Crippen LogP) is 3.13. The first-order chi connectivity index (χ1) is 13.0. The van der Waals surface area contributed by atoms with Crippen molar-refractivity contribution in [2.24, 2.45) is 5.92 Å². The van der Waals surface area contributed by atoms with Gasteiger partial charge in [0, 0.05) is 24.7 Å². The smallest absolute Gasteiger partial charge is 0.263 e. The van der Waals surface area contributed by atoms with Crippen LogP contribution in [0.2, 0.25) is 0 Å². The summed E-state index contributed by atoms with van der Waals surface area (Å²) >= 11 is 1.45. The molecule has 0 saturated carbocycles. The van der Waals surface area contributed by atoms with Gasteiger partial charge in [0.05, 0.1) is 10.3 Å². The van der Waals surface area contributed by atoms with E-state index in [1.807, 2.05) is 36.3 Å². The molecule has 2 N–H and O–H groups in total. The number of fused-ring (bicyclic) bond motifs is 1. The summed E-state index contributed by atoms with van der Waals surface area (Å²) in [4.78, 5) is 39.5. The standard InChI is InChI=1S/C19H21N5O2S/c1-11-12(2)22-16-15(11)17(21-10-20-16)23-18(25)13-5-7-24(8-6-13)19(26)14-4-3-9-27-14/h3-4,9-10,13H,5-8H2,1-2H3,(H2,20,21,22,23,25). The van der Waals surface area contributed by atoms with Crippen molar-refractivity contribution in [2.75, 3.05) is 18.4 Å². The van der Waals surface area contributed by atoms with Crippen molar-refractivity contribution >= 4 is 40.0 Å². The fourth-order valence-electron chi connectivity index (χ4n) is 3.51. The molecular formula is C19H21N5O2S. The number of hydrogen-bond acceptors (Lipinski definition) is 5. The van der Waals surface area contributed by atoms with Gasteiger partial charge < -0.3 is 15.2 Å². The Labute approximate surface area is 160 Å². The molecule has 1 fully saturated rings. The number of carbonyl (C=O) groups is 2.